The van der Waals surface area contributed by atoms with Crippen LogP contribution in [0.2, 0.25) is 0 Å². The van der Waals surface area contributed by atoms with Gasteiger partial charge in [-0.3, -0.25) is 9.59 Å². The van der Waals surface area contributed by atoms with Gasteiger partial charge in [-0.2, -0.15) is 0 Å². The standard InChI is InChI=1S/C12H22O4/c1-8(10(13)15-5)9(11(14)16-6)7-12(2,3)4/h8-9H,7H2,1-6H3. The number of ether oxygens (including phenoxy) is 2. The van der Waals surface area contributed by atoms with Crippen molar-refractivity contribution in [3.8, 4) is 0 Å². The Morgan fingerprint density at radius 1 is 1.06 bits per heavy atom. The summed E-state index contributed by atoms with van der Waals surface area (Å²) in [6.45, 7) is 7.76. The van der Waals surface area contributed by atoms with E-state index in [1.165, 1.54) is 14.2 Å². The molecule has 0 saturated heterocycles. The third-order valence-electron chi connectivity index (χ3n) is 2.51. The molecule has 94 valence electrons. The van der Waals surface area contributed by atoms with Crippen molar-refractivity contribution < 1.29 is 19.1 Å². The van der Waals surface area contributed by atoms with Crippen LogP contribution in [0.1, 0.15) is 34.1 Å². The minimum Gasteiger partial charge on any atom is -0.469 e. The third-order valence-corrected chi connectivity index (χ3v) is 2.51. The van der Waals surface area contributed by atoms with Crippen LogP contribution < -0.4 is 0 Å². The van der Waals surface area contributed by atoms with Gasteiger partial charge in [0, 0.05) is 0 Å². The number of carbonyl (C=O) groups excluding carboxylic acids is 2. The molecular formula is C12H22O4. The molecule has 0 saturated carbocycles. The number of methoxy groups -OCH3 is 2. The Hall–Kier alpha value is -1.06. The van der Waals surface area contributed by atoms with E-state index in [1.54, 1.807) is 6.92 Å². The molecule has 0 aliphatic carbocycles. The van der Waals surface area contributed by atoms with Crippen LogP contribution in [0.5, 0.6) is 0 Å². The van der Waals surface area contributed by atoms with Gasteiger partial charge < -0.3 is 9.47 Å². The smallest absolute Gasteiger partial charge is 0.309 e. The van der Waals surface area contributed by atoms with Crippen molar-refractivity contribution in [3.63, 3.8) is 0 Å². The normalized spacial score (nSPS) is 15.1. The summed E-state index contributed by atoms with van der Waals surface area (Å²) in [5.41, 5.74) is -0.0405. The van der Waals surface area contributed by atoms with Crippen LogP contribution in [-0.4, -0.2) is 26.2 Å². The lowest BCUT2D eigenvalue weighted by Crippen LogP contribution is -2.32. The second kappa shape index (κ2) is 5.87. The fourth-order valence-electron chi connectivity index (χ4n) is 1.63. The summed E-state index contributed by atoms with van der Waals surface area (Å²) in [7, 11) is 2.66. The first-order valence-corrected chi connectivity index (χ1v) is 5.38. The van der Waals surface area contributed by atoms with E-state index in [1.807, 2.05) is 20.8 Å². The summed E-state index contributed by atoms with van der Waals surface area (Å²) in [5, 5.41) is 0. The highest BCUT2D eigenvalue weighted by atomic mass is 16.5. The topological polar surface area (TPSA) is 52.6 Å². The van der Waals surface area contributed by atoms with Gasteiger partial charge in [0.15, 0.2) is 0 Å². The fourth-order valence-corrected chi connectivity index (χ4v) is 1.63. The predicted octanol–water partition coefficient (Wildman–Crippen LogP) is 2.02. The Kier molecular flexibility index (Phi) is 5.48. The maximum absolute atomic E-state index is 11.6. The van der Waals surface area contributed by atoms with Gasteiger partial charge in [-0.1, -0.05) is 27.7 Å². The molecule has 2 unspecified atom stereocenters. The molecule has 0 rings (SSSR count). The SMILES string of the molecule is COC(=O)C(C)C(CC(C)(C)C)C(=O)OC. The summed E-state index contributed by atoms with van der Waals surface area (Å²) in [4.78, 5) is 23.1. The van der Waals surface area contributed by atoms with E-state index in [0.29, 0.717) is 6.42 Å². The Morgan fingerprint density at radius 2 is 1.50 bits per heavy atom. The quantitative estimate of drug-likeness (QED) is 0.693. The van der Waals surface area contributed by atoms with Gasteiger partial charge in [0.2, 0.25) is 0 Å². The molecule has 0 aliphatic heterocycles. The molecule has 4 nitrogen and oxygen atoms in total. The molecule has 4 heteroatoms. The first kappa shape index (κ1) is 14.9. The molecule has 0 heterocycles. The average Bonchev–Trinajstić information content (AvgIpc) is 2.21. The zero-order chi connectivity index (χ0) is 12.9. The second-order valence-electron chi connectivity index (χ2n) is 5.21. The maximum atomic E-state index is 11.6. The van der Waals surface area contributed by atoms with E-state index in [9.17, 15) is 9.59 Å². The Balaban J connectivity index is 4.80. The minimum atomic E-state index is -0.475. The lowest BCUT2D eigenvalue weighted by atomic mass is 9.79. The number of carbonyl (C=O) groups is 2. The summed E-state index contributed by atoms with van der Waals surface area (Å²) in [6, 6.07) is 0. The van der Waals surface area contributed by atoms with Gasteiger partial charge in [0.25, 0.3) is 0 Å². The van der Waals surface area contributed by atoms with E-state index >= 15 is 0 Å². The Labute approximate surface area is 97.3 Å². The molecule has 2 atom stereocenters. The highest BCUT2D eigenvalue weighted by molar-refractivity contribution is 5.81. The first-order valence-electron chi connectivity index (χ1n) is 5.38. The maximum Gasteiger partial charge on any atom is 0.309 e. The monoisotopic (exact) mass is 230 g/mol. The van der Waals surface area contributed by atoms with Crippen molar-refractivity contribution in [2.45, 2.75) is 34.1 Å². The second-order valence-corrected chi connectivity index (χ2v) is 5.21. The number of hydrogen-bond acceptors (Lipinski definition) is 4. The highest BCUT2D eigenvalue weighted by Gasteiger charge is 2.34. The van der Waals surface area contributed by atoms with Crippen LogP contribution in [0.4, 0.5) is 0 Å². The largest absolute Gasteiger partial charge is 0.469 e. The fraction of sp³-hybridized carbons (Fsp3) is 0.833. The number of hydrogen-bond donors (Lipinski definition) is 0. The molecule has 0 radical (unpaired) electrons. The van der Waals surface area contributed by atoms with Crippen molar-refractivity contribution in [2.24, 2.45) is 17.3 Å². The van der Waals surface area contributed by atoms with Gasteiger partial charge in [0.1, 0.15) is 0 Å². The van der Waals surface area contributed by atoms with E-state index in [4.69, 9.17) is 4.74 Å². The van der Waals surface area contributed by atoms with Crippen molar-refractivity contribution in [2.75, 3.05) is 14.2 Å². The van der Waals surface area contributed by atoms with Gasteiger partial charge in [-0.25, -0.2) is 0 Å². The van der Waals surface area contributed by atoms with E-state index in [-0.39, 0.29) is 17.4 Å². The van der Waals surface area contributed by atoms with Crippen LogP contribution in [-0.2, 0) is 19.1 Å². The summed E-state index contributed by atoms with van der Waals surface area (Å²) in [6.07, 6.45) is 0.593. The van der Waals surface area contributed by atoms with Crippen molar-refractivity contribution in [3.05, 3.63) is 0 Å². The van der Waals surface area contributed by atoms with Crippen molar-refractivity contribution in [1.82, 2.24) is 0 Å². The molecule has 0 aromatic carbocycles. The van der Waals surface area contributed by atoms with Crippen molar-refractivity contribution >= 4 is 11.9 Å². The van der Waals surface area contributed by atoms with Crippen LogP contribution in [0.15, 0.2) is 0 Å². The zero-order valence-corrected chi connectivity index (χ0v) is 11.0. The average molecular weight is 230 g/mol. The summed E-state index contributed by atoms with van der Waals surface area (Å²) < 4.78 is 9.38. The highest BCUT2D eigenvalue weighted by Crippen LogP contribution is 2.30. The third kappa shape index (κ3) is 4.64. The van der Waals surface area contributed by atoms with Gasteiger partial charge in [-0.05, 0) is 11.8 Å². The Bertz CT molecular complexity index is 252. The van der Waals surface area contributed by atoms with E-state index in [0.717, 1.165) is 0 Å². The first-order chi connectivity index (χ1) is 7.22. The predicted molar refractivity (Wildman–Crippen MR) is 60.8 cm³/mol. The van der Waals surface area contributed by atoms with E-state index < -0.39 is 11.8 Å². The summed E-state index contributed by atoms with van der Waals surface area (Å²) in [5.74, 6) is -1.65. The zero-order valence-electron chi connectivity index (χ0n) is 11.0. The Morgan fingerprint density at radius 3 is 1.81 bits per heavy atom. The van der Waals surface area contributed by atoms with Gasteiger partial charge >= 0.3 is 11.9 Å². The molecular weight excluding hydrogens is 208 g/mol. The van der Waals surface area contributed by atoms with Crippen LogP contribution in [0, 0.1) is 17.3 Å². The number of rotatable bonds is 4. The molecule has 0 amide bonds. The summed E-state index contributed by atoms with van der Waals surface area (Å²) >= 11 is 0. The molecule has 0 N–H and O–H groups in total. The minimum absolute atomic E-state index is 0.0405. The molecule has 0 aliphatic rings. The van der Waals surface area contributed by atoms with Crippen LogP contribution in [0.25, 0.3) is 0 Å². The lowest BCUT2D eigenvalue weighted by Gasteiger charge is -2.27. The lowest BCUT2D eigenvalue weighted by molar-refractivity contribution is -0.158. The molecule has 16 heavy (non-hydrogen) atoms. The van der Waals surface area contributed by atoms with Gasteiger partial charge in [0.05, 0.1) is 26.1 Å². The van der Waals surface area contributed by atoms with Crippen molar-refractivity contribution in [1.29, 1.82) is 0 Å². The van der Waals surface area contributed by atoms with E-state index in [2.05, 4.69) is 4.74 Å². The van der Waals surface area contributed by atoms with Crippen LogP contribution in [0.3, 0.4) is 0 Å². The molecule has 0 fully saturated rings. The molecule has 0 aromatic rings. The molecule has 0 bridgehead atoms. The van der Waals surface area contributed by atoms with Gasteiger partial charge in [-0.15, -0.1) is 0 Å². The van der Waals surface area contributed by atoms with Crippen LogP contribution >= 0.6 is 0 Å². The number of esters is 2. The molecule has 0 aromatic heterocycles. The molecule has 0 spiro atoms.